The smallest absolute Gasteiger partial charge is 0.462 e. The van der Waals surface area contributed by atoms with Gasteiger partial charge in [0.25, 0.3) is 0 Å². The maximum atomic E-state index is 13.1. The van der Waals surface area contributed by atoms with Gasteiger partial charge in [-0.3, -0.25) is 37.3 Å². The number of carbonyl (C=O) groups excluding carboxylic acids is 4. The Kier molecular flexibility index (Phi) is 75.8. The van der Waals surface area contributed by atoms with Crippen LogP contribution in [-0.4, -0.2) is 96.7 Å². The van der Waals surface area contributed by atoms with E-state index in [9.17, 15) is 43.2 Å². The van der Waals surface area contributed by atoms with E-state index >= 15 is 0 Å². The molecule has 0 saturated heterocycles. The van der Waals surface area contributed by atoms with E-state index in [1.165, 1.54) is 57.8 Å². The largest absolute Gasteiger partial charge is 0.472 e. The molecule has 3 N–H and O–H groups in total. The van der Waals surface area contributed by atoms with Gasteiger partial charge >= 0.3 is 39.5 Å². The second-order valence-electron chi connectivity index (χ2n) is 27.3. The third-order valence-corrected chi connectivity index (χ3v) is 18.9. The maximum absolute atomic E-state index is 13.1. The minimum Gasteiger partial charge on any atom is -0.462 e. The fourth-order valence-corrected chi connectivity index (χ4v) is 12.2. The number of phosphoric ester groups is 2. The van der Waals surface area contributed by atoms with Crippen LogP contribution in [0.15, 0.2) is 158 Å². The zero-order chi connectivity index (χ0) is 78.9. The van der Waals surface area contributed by atoms with Gasteiger partial charge in [0.15, 0.2) is 12.2 Å². The lowest BCUT2D eigenvalue weighted by Gasteiger charge is -2.21. The van der Waals surface area contributed by atoms with E-state index in [1.807, 2.05) is 0 Å². The van der Waals surface area contributed by atoms with E-state index < -0.39 is 97.5 Å². The number of aliphatic hydroxyl groups is 1. The predicted octanol–water partition coefficient (Wildman–Crippen LogP) is 24.8. The molecule has 0 aliphatic rings. The number of ether oxygens (including phenoxy) is 4. The molecular weight excluding hydrogens is 1400 g/mol. The molecule has 0 aromatic carbocycles. The summed E-state index contributed by atoms with van der Waals surface area (Å²) in [4.78, 5) is 73.2. The molecule has 0 aromatic rings. The highest BCUT2D eigenvalue weighted by Crippen LogP contribution is 2.45. The number of hydrogen-bond donors (Lipinski definition) is 3. The predicted molar refractivity (Wildman–Crippen MR) is 445 cm³/mol. The Balaban J connectivity index is 5.48. The minimum absolute atomic E-state index is 0.0471. The van der Waals surface area contributed by atoms with Crippen LogP contribution in [0.25, 0.3) is 0 Å². The van der Waals surface area contributed by atoms with Crippen molar-refractivity contribution in [3.63, 3.8) is 0 Å². The number of aliphatic hydroxyl groups excluding tert-OH is 1. The van der Waals surface area contributed by atoms with Crippen LogP contribution in [0.3, 0.4) is 0 Å². The molecular formula is C89H148O17P2. The molecule has 0 bridgehead atoms. The molecule has 0 aliphatic heterocycles. The molecule has 19 heteroatoms. The molecule has 17 nitrogen and oxygen atoms in total. The summed E-state index contributed by atoms with van der Waals surface area (Å²) in [5.74, 6) is -2.28. The first-order valence-electron chi connectivity index (χ1n) is 41.7. The highest BCUT2D eigenvalue weighted by molar-refractivity contribution is 7.47. The Morgan fingerprint density at radius 2 is 0.481 bits per heavy atom. The first-order chi connectivity index (χ1) is 52.7. The lowest BCUT2D eigenvalue weighted by atomic mass is 10.1. The number of unbranched alkanes of at least 4 members (excludes halogenated alkanes) is 25. The van der Waals surface area contributed by atoms with Gasteiger partial charge in [-0.05, 0) is 173 Å². The van der Waals surface area contributed by atoms with Gasteiger partial charge in [0.1, 0.15) is 19.3 Å². The maximum Gasteiger partial charge on any atom is 0.472 e. The molecule has 0 spiro atoms. The zero-order valence-electron chi connectivity index (χ0n) is 67.5. The van der Waals surface area contributed by atoms with Crippen LogP contribution in [0, 0.1) is 0 Å². The number of rotatable bonds is 77. The molecule has 0 aromatic heterocycles. The summed E-state index contributed by atoms with van der Waals surface area (Å²) in [5, 5.41) is 10.7. The average molecular weight is 1550 g/mol. The molecule has 0 saturated carbocycles. The summed E-state index contributed by atoms with van der Waals surface area (Å²) in [7, 11) is -10.0. The van der Waals surface area contributed by atoms with Crippen molar-refractivity contribution in [1.29, 1.82) is 0 Å². The highest BCUT2D eigenvalue weighted by Gasteiger charge is 2.30. The number of carbonyl (C=O) groups is 4. The molecule has 616 valence electrons. The van der Waals surface area contributed by atoms with Gasteiger partial charge in [-0.1, -0.05) is 282 Å². The normalized spacial score (nSPS) is 14.6. The number of phosphoric acid groups is 2. The fourth-order valence-electron chi connectivity index (χ4n) is 10.7. The van der Waals surface area contributed by atoms with Crippen molar-refractivity contribution in [3.05, 3.63) is 158 Å². The Hall–Kier alpha value is -5.32. The Morgan fingerprint density at radius 3 is 0.778 bits per heavy atom. The van der Waals surface area contributed by atoms with Crippen molar-refractivity contribution in [2.75, 3.05) is 39.6 Å². The van der Waals surface area contributed by atoms with Crippen LogP contribution >= 0.6 is 15.6 Å². The standard InChI is InChI=1S/C89H148O17P2/c1-5-9-13-17-21-25-29-33-37-39-41-43-47-51-55-59-63-67-71-75-88(93)105-84(79-99-86(91)73-69-65-61-57-53-49-45-35-31-27-23-19-15-11-7-3)81-103-107(95,96)101-77-83(90)78-102-108(97,98)104-82-85(80-100-87(92)74-70-66-62-58-54-50-46-36-32-28-24-20-16-12-8-4)106-89(94)76-72-68-64-60-56-52-48-44-42-40-38-34-30-26-22-18-14-10-6-2/h9-10,13-14,21-23,25-27,33-38,41-46,51-52,55-56,83-85,90H,5-8,11-12,15-20,24,28-32,39-40,47-50,53-54,57-82H2,1-4H3,(H,95,96)(H,97,98)/b13-9-,14-10-,25-21-,26-22-,27-23-,37-33-,38-34-,43-41-,44-42-,45-35-,46-36-,55-51-,56-52-/t83-,84-,85-/m1/s1. The Morgan fingerprint density at radius 1 is 0.269 bits per heavy atom. The van der Waals surface area contributed by atoms with Crippen LogP contribution in [-0.2, 0) is 65.4 Å². The second-order valence-corrected chi connectivity index (χ2v) is 30.2. The SMILES string of the molecule is CC/C=C\C/C=C\C/C=C\C/C=C\C/C=C\CCCCCC(=O)O[C@H](COC(=O)CCCCCCC/C=C\C/C=C\CCCCC)COP(=O)(O)OC[C@@H](O)COP(=O)(O)OC[C@@H](COC(=O)CCCCCCC/C=C\CCCCCCCC)OC(=O)CCCCC/C=C\C/C=C\C/C=C\C/C=C\C/C=C\CC. The molecule has 0 rings (SSSR count). The van der Waals surface area contributed by atoms with Crippen LogP contribution < -0.4 is 0 Å². The first-order valence-corrected chi connectivity index (χ1v) is 44.7. The van der Waals surface area contributed by atoms with Gasteiger partial charge in [-0.15, -0.1) is 0 Å². The average Bonchev–Trinajstić information content (AvgIpc) is 0.907. The van der Waals surface area contributed by atoms with Crippen molar-refractivity contribution in [2.24, 2.45) is 0 Å². The molecule has 2 unspecified atom stereocenters. The van der Waals surface area contributed by atoms with Gasteiger partial charge in [0.05, 0.1) is 26.4 Å². The van der Waals surface area contributed by atoms with E-state index in [1.54, 1.807) is 0 Å². The van der Waals surface area contributed by atoms with Crippen LogP contribution in [0.2, 0.25) is 0 Å². The zero-order valence-corrected chi connectivity index (χ0v) is 69.3. The minimum atomic E-state index is -5.00. The Labute approximate surface area is 655 Å². The van der Waals surface area contributed by atoms with Crippen molar-refractivity contribution < 1.29 is 80.2 Å². The highest BCUT2D eigenvalue weighted by atomic mass is 31.2. The lowest BCUT2D eigenvalue weighted by Crippen LogP contribution is -2.30. The van der Waals surface area contributed by atoms with E-state index in [0.717, 1.165) is 186 Å². The van der Waals surface area contributed by atoms with Crippen LogP contribution in [0.5, 0.6) is 0 Å². The van der Waals surface area contributed by atoms with E-state index in [-0.39, 0.29) is 25.7 Å². The molecule has 5 atom stereocenters. The Bertz CT molecular complexity index is 2660. The quantitative estimate of drug-likeness (QED) is 0.0169. The van der Waals surface area contributed by atoms with Gasteiger partial charge < -0.3 is 33.8 Å². The van der Waals surface area contributed by atoms with Crippen molar-refractivity contribution in [3.8, 4) is 0 Å². The van der Waals surface area contributed by atoms with Gasteiger partial charge in [-0.25, -0.2) is 9.13 Å². The molecule has 0 amide bonds. The van der Waals surface area contributed by atoms with Crippen LogP contribution in [0.1, 0.15) is 323 Å². The topological polar surface area (TPSA) is 237 Å². The molecule has 0 fully saturated rings. The third-order valence-electron chi connectivity index (χ3n) is 17.0. The van der Waals surface area contributed by atoms with E-state index in [0.29, 0.717) is 25.7 Å². The summed E-state index contributed by atoms with van der Waals surface area (Å²) in [6, 6.07) is 0. The van der Waals surface area contributed by atoms with E-state index in [4.69, 9.17) is 37.0 Å². The number of allylic oxidation sites excluding steroid dienone is 26. The van der Waals surface area contributed by atoms with E-state index in [2.05, 4.69) is 186 Å². The summed E-state index contributed by atoms with van der Waals surface area (Å²) in [5.41, 5.74) is 0. The summed E-state index contributed by atoms with van der Waals surface area (Å²) >= 11 is 0. The molecule has 0 heterocycles. The van der Waals surface area contributed by atoms with Crippen LogP contribution in [0.4, 0.5) is 0 Å². The molecule has 0 radical (unpaired) electrons. The monoisotopic (exact) mass is 1550 g/mol. The number of hydrogen-bond acceptors (Lipinski definition) is 15. The van der Waals surface area contributed by atoms with Gasteiger partial charge in [0, 0.05) is 25.7 Å². The molecule has 108 heavy (non-hydrogen) atoms. The van der Waals surface area contributed by atoms with Gasteiger partial charge in [0.2, 0.25) is 0 Å². The lowest BCUT2D eigenvalue weighted by molar-refractivity contribution is -0.161. The van der Waals surface area contributed by atoms with Gasteiger partial charge in [-0.2, -0.15) is 0 Å². The summed E-state index contributed by atoms with van der Waals surface area (Å²) in [6.07, 6.45) is 93.5. The first kappa shape index (κ1) is 103. The summed E-state index contributed by atoms with van der Waals surface area (Å²) in [6.45, 7) is 4.53. The molecule has 0 aliphatic carbocycles. The number of esters is 4. The van der Waals surface area contributed by atoms with Crippen molar-refractivity contribution >= 4 is 39.5 Å². The van der Waals surface area contributed by atoms with Crippen molar-refractivity contribution in [2.45, 2.75) is 341 Å². The van der Waals surface area contributed by atoms with Crippen molar-refractivity contribution in [1.82, 2.24) is 0 Å². The third kappa shape index (κ3) is 78.8. The second kappa shape index (κ2) is 79.8. The summed E-state index contributed by atoms with van der Waals surface area (Å²) < 4.78 is 68.7. The fraction of sp³-hybridized carbons (Fsp3) is 0.663.